The predicted molar refractivity (Wildman–Crippen MR) is 68.4 cm³/mol. The van der Waals surface area contributed by atoms with Crippen molar-refractivity contribution in [3.63, 3.8) is 0 Å². The van der Waals surface area contributed by atoms with Crippen molar-refractivity contribution in [3.8, 4) is 6.07 Å². The number of nitrogens with zero attached hydrogens (tertiary/aromatic N) is 1. The zero-order valence-electron chi connectivity index (χ0n) is 10.5. The standard InChI is InChI=1S/C14H18N2O2/c1-2-6-12(9-15)14(18)16-13(10-17)11-7-4-3-5-8-11/h3-5,7-8,12-13,17H,2,6,10H2,1H3,(H,16,18). The van der Waals surface area contributed by atoms with Gasteiger partial charge in [-0.3, -0.25) is 4.79 Å². The average molecular weight is 246 g/mol. The third kappa shape index (κ3) is 3.86. The van der Waals surface area contributed by atoms with E-state index in [9.17, 15) is 9.90 Å². The molecule has 2 unspecified atom stereocenters. The molecule has 0 aliphatic carbocycles. The lowest BCUT2D eigenvalue weighted by molar-refractivity contribution is -0.124. The summed E-state index contributed by atoms with van der Waals surface area (Å²) < 4.78 is 0. The van der Waals surface area contributed by atoms with Crippen LogP contribution in [0.25, 0.3) is 0 Å². The molecule has 4 nitrogen and oxygen atoms in total. The zero-order valence-corrected chi connectivity index (χ0v) is 10.5. The molecule has 1 aromatic carbocycles. The minimum absolute atomic E-state index is 0.181. The highest BCUT2D eigenvalue weighted by Crippen LogP contribution is 2.13. The molecule has 1 rings (SSSR count). The first-order valence-electron chi connectivity index (χ1n) is 6.08. The summed E-state index contributed by atoms with van der Waals surface area (Å²) >= 11 is 0. The van der Waals surface area contributed by atoms with E-state index in [0.717, 1.165) is 12.0 Å². The lowest BCUT2D eigenvalue weighted by Gasteiger charge is -2.18. The Morgan fingerprint density at radius 3 is 2.61 bits per heavy atom. The SMILES string of the molecule is CCCC(C#N)C(=O)NC(CO)c1ccccc1. The fraction of sp³-hybridized carbons (Fsp3) is 0.429. The fourth-order valence-corrected chi connectivity index (χ4v) is 1.73. The molecule has 96 valence electrons. The first kappa shape index (κ1) is 14.2. The lowest BCUT2D eigenvalue weighted by Crippen LogP contribution is -2.35. The van der Waals surface area contributed by atoms with Crippen LogP contribution in [-0.4, -0.2) is 17.6 Å². The van der Waals surface area contributed by atoms with Gasteiger partial charge in [0.15, 0.2) is 0 Å². The number of nitriles is 1. The van der Waals surface area contributed by atoms with E-state index < -0.39 is 12.0 Å². The first-order valence-corrected chi connectivity index (χ1v) is 6.08. The van der Waals surface area contributed by atoms with Gasteiger partial charge in [-0.15, -0.1) is 0 Å². The van der Waals surface area contributed by atoms with Crippen LogP contribution in [0.5, 0.6) is 0 Å². The summed E-state index contributed by atoms with van der Waals surface area (Å²) in [5.74, 6) is -0.963. The largest absolute Gasteiger partial charge is 0.394 e. The number of hydrogen-bond acceptors (Lipinski definition) is 3. The molecule has 2 atom stereocenters. The van der Waals surface area contributed by atoms with Crippen LogP contribution in [0.2, 0.25) is 0 Å². The number of benzene rings is 1. The quantitative estimate of drug-likeness (QED) is 0.803. The Labute approximate surface area is 107 Å². The Morgan fingerprint density at radius 2 is 2.11 bits per heavy atom. The molecular formula is C14H18N2O2. The van der Waals surface area contributed by atoms with Gasteiger partial charge in [0.2, 0.25) is 5.91 Å². The molecule has 4 heteroatoms. The Hall–Kier alpha value is -1.86. The first-order chi connectivity index (χ1) is 8.72. The Balaban J connectivity index is 2.69. The second-order valence-electron chi connectivity index (χ2n) is 4.12. The number of aliphatic hydroxyl groups is 1. The maximum Gasteiger partial charge on any atom is 0.237 e. The van der Waals surface area contributed by atoms with Crippen LogP contribution in [0, 0.1) is 17.2 Å². The fourth-order valence-electron chi connectivity index (χ4n) is 1.73. The van der Waals surface area contributed by atoms with Gasteiger partial charge in [0.1, 0.15) is 5.92 Å². The molecule has 0 heterocycles. The van der Waals surface area contributed by atoms with Crippen molar-refractivity contribution in [2.24, 2.45) is 5.92 Å². The van der Waals surface area contributed by atoms with Crippen LogP contribution in [-0.2, 0) is 4.79 Å². The van der Waals surface area contributed by atoms with E-state index >= 15 is 0 Å². The second kappa shape index (κ2) is 7.46. The topological polar surface area (TPSA) is 73.1 Å². The van der Waals surface area contributed by atoms with Crippen LogP contribution >= 0.6 is 0 Å². The maximum atomic E-state index is 11.9. The van der Waals surface area contributed by atoms with E-state index in [-0.39, 0.29) is 12.5 Å². The van der Waals surface area contributed by atoms with E-state index in [1.54, 1.807) is 0 Å². The van der Waals surface area contributed by atoms with Gasteiger partial charge in [-0.2, -0.15) is 5.26 Å². The van der Waals surface area contributed by atoms with E-state index in [0.29, 0.717) is 6.42 Å². The van der Waals surface area contributed by atoms with E-state index in [1.165, 1.54) is 0 Å². The van der Waals surface area contributed by atoms with Gasteiger partial charge in [0, 0.05) is 0 Å². The van der Waals surface area contributed by atoms with Crippen LogP contribution < -0.4 is 5.32 Å². The molecule has 0 bridgehead atoms. The van der Waals surface area contributed by atoms with Crippen molar-refractivity contribution >= 4 is 5.91 Å². The van der Waals surface area contributed by atoms with Crippen molar-refractivity contribution in [2.75, 3.05) is 6.61 Å². The van der Waals surface area contributed by atoms with Crippen molar-refractivity contribution < 1.29 is 9.90 Å². The van der Waals surface area contributed by atoms with Gasteiger partial charge in [-0.05, 0) is 12.0 Å². The molecule has 0 radical (unpaired) electrons. The number of carbonyl (C=O) groups is 1. The molecule has 0 aliphatic heterocycles. The number of nitrogens with one attached hydrogen (secondary N) is 1. The van der Waals surface area contributed by atoms with Gasteiger partial charge in [0.25, 0.3) is 0 Å². The molecule has 0 saturated heterocycles. The molecule has 0 saturated carbocycles. The molecule has 0 fully saturated rings. The smallest absolute Gasteiger partial charge is 0.237 e. The number of amides is 1. The van der Waals surface area contributed by atoms with Gasteiger partial charge in [-0.1, -0.05) is 43.7 Å². The molecule has 0 aliphatic rings. The number of carbonyl (C=O) groups excluding carboxylic acids is 1. The van der Waals surface area contributed by atoms with Crippen molar-refractivity contribution in [3.05, 3.63) is 35.9 Å². The van der Waals surface area contributed by atoms with E-state index in [1.807, 2.05) is 43.3 Å². The lowest BCUT2D eigenvalue weighted by atomic mass is 10.0. The third-order valence-corrected chi connectivity index (χ3v) is 2.75. The van der Waals surface area contributed by atoms with Crippen LogP contribution in [0.4, 0.5) is 0 Å². The molecule has 0 aromatic heterocycles. The van der Waals surface area contributed by atoms with Gasteiger partial charge in [0.05, 0.1) is 18.7 Å². The normalized spacial score (nSPS) is 13.4. The summed E-state index contributed by atoms with van der Waals surface area (Å²) in [7, 11) is 0. The van der Waals surface area contributed by atoms with Crippen LogP contribution in [0.15, 0.2) is 30.3 Å². The maximum absolute atomic E-state index is 11.9. The highest BCUT2D eigenvalue weighted by molar-refractivity contribution is 5.81. The Bertz CT molecular complexity index is 412. The number of rotatable bonds is 6. The van der Waals surface area contributed by atoms with Crippen LogP contribution in [0.3, 0.4) is 0 Å². The summed E-state index contributed by atoms with van der Waals surface area (Å²) in [6.45, 7) is 1.75. The molecule has 18 heavy (non-hydrogen) atoms. The summed E-state index contributed by atoms with van der Waals surface area (Å²) in [5.41, 5.74) is 0.835. The molecule has 1 amide bonds. The highest BCUT2D eigenvalue weighted by Gasteiger charge is 2.20. The van der Waals surface area contributed by atoms with Crippen molar-refractivity contribution in [1.29, 1.82) is 5.26 Å². The Kier molecular flexibility index (Phi) is 5.89. The molecule has 2 N–H and O–H groups in total. The molecular weight excluding hydrogens is 228 g/mol. The molecule has 0 spiro atoms. The van der Waals surface area contributed by atoms with Gasteiger partial charge in [-0.25, -0.2) is 0 Å². The third-order valence-electron chi connectivity index (χ3n) is 2.75. The van der Waals surface area contributed by atoms with E-state index in [2.05, 4.69) is 5.32 Å². The Morgan fingerprint density at radius 1 is 1.44 bits per heavy atom. The van der Waals surface area contributed by atoms with Crippen molar-refractivity contribution in [1.82, 2.24) is 5.32 Å². The minimum atomic E-state index is -0.646. The summed E-state index contributed by atoms with van der Waals surface area (Å²) in [5, 5.41) is 20.9. The highest BCUT2D eigenvalue weighted by atomic mass is 16.3. The summed E-state index contributed by atoms with van der Waals surface area (Å²) in [6, 6.07) is 10.8. The summed E-state index contributed by atoms with van der Waals surface area (Å²) in [6.07, 6.45) is 1.32. The van der Waals surface area contributed by atoms with E-state index in [4.69, 9.17) is 5.26 Å². The zero-order chi connectivity index (χ0) is 13.4. The number of hydrogen-bond donors (Lipinski definition) is 2. The minimum Gasteiger partial charge on any atom is -0.394 e. The average Bonchev–Trinajstić information content (AvgIpc) is 2.42. The summed E-state index contributed by atoms with van der Waals surface area (Å²) in [4.78, 5) is 11.9. The monoisotopic (exact) mass is 246 g/mol. The van der Waals surface area contributed by atoms with Gasteiger partial charge >= 0.3 is 0 Å². The molecule has 1 aromatic rings. The number of aliphatic hydroxyl groups excluding tert-OH is 1. The van der Waals surface area contributed by atoms with Crippen molar-refractivity contribution in [2.45, 2.75) is 25.8 Å². The van der Waals surface area contributed by atoms with Gasteiger partial charge < -0.3 is 10.4 Å². The predicted octanol–water partition coefficient (Wildman–Crippen LogP) is 1.78. The second-order valence-corrected chi connectivity index (χ2v) is 4.12. The van der Waals surface area contributed by atoms with Crippen LogP contribution in [0.1, 0.15) is 31.4 Å².